The van der Waals surface area contributed by atoms with E-state index in [2.05, 4.69) is 15.0 Å². The fourth-order valence-electron chi connectivity index (χ4n) is 1.84. The Hall–Kier alpha value is -2.03. The number of imidazole rings is 1. The number of fused-ring (bicyclic) bond motifs is 1. The molecule has 2 rings (SSSR count). The lowest BCUT2D eigenvalue weighted by atomic mass is 10.4. The number of aryl methyl sites for hydroxylation is 1. The van der Waals surface area contributed by atoms with Gasteiger partial charge < -0.3 is 9.72 Å². The van der Waals surface area contributed by atoms with Gasteiger partial charge >= 0.3 is 5.69 Å². The smallest absolute Gasteiger partial charge is 0.330 e. The normalized spacial score (nSPS) is 11.6. The molecule has 0 aliphatic rings. The van der Waals surface area contributed by atoms with Gasteiger partial charge in [-0.25, -0.2) is 18.6 Å². The molecule has 0 aliphatic carbocycles. The summed E-state index contributed by atoms with van der Waals surface area (Å²) < 4.78 is 29.8. The molecule has 0 aliphatic heterocycles. The molecule has 0 saturated heterocycles. The first-order valence-electron chi connectivity index (χ1n) is 6.10. The summed E-state index contributed by atoms with van der Waals surface area (Å²) in [5.41, 5.74) is -0.639. The Morgan fingerprint density at radius 1 is 1.35 bits per heavy atom. The third kappa shape index (κ3) is 2.93. The van der Waals surface area contributed by atoms with Crippen LogP contribution in [0.1, 0.15) is 12.7 Å². The van der Waals surface area contributed by atoms with Crippen molar-refractivity contribution in [2.24, 2.45) is 0 Å². The van der Waals surface area contributed by atoms with Gasteiger partial charge in [0.2, 0.25) is 0 Å². The second-order valence-corrected chi connectivity index (χ2v) is 4.10. The Morgan fingerprint density at radius 2 is 2.10 bits per heavy atom. The van der Waals surface area contributed by atoms with E-state index in [1.807, 2.05) is 0 Å². The Kier molecular flexibility index (Phi) is 4.28. The number of H-pyrrole nitrogens is 2. The quantitative estimate of drug-likeness (QED) is 0.746. The summed E-state index contributed by atoms with van der Waals surface area (Å²) in [5.74, 6) is 0.410. The number of alkyl halides is 2. The lowest BCUT2D eigenvalue weighted by Gasteiger charge is -2.01. The molecule has 0 spiro atoms. The van der Waals surface area contributed by atoms with Gasteiger partial charge in [0, 0.05) is 13.0 Å². The second-order valence-electron chi connectivity index (χ2n) is 4.10. The van der Waals surface area contributed by atoms with Crippen molar-refractivity contribution in [3.8, 4) is 0 Å². The Morgan fingerprint density at radius 3 is 2.75 bits per heavy atom. The highest BCUT2D eigenvalue weighted by Gasteiger charge is 2.12. The van der Waals surface area contributed by atoms with Crippen LogP contribution in [-0.4, -0.2) is 39.2 Å². The van der Waals surface area contributed by atoms with Crippen LogP contribution in [-0.2, 0) is 17.7 Å². The fraction of sp³-hybridized carbons (Fsp3) is 0.545. The van der Waals surface area contributed by atoms with Crippen LogP contribution in [0, 0.1) is 0 Å². The van der Waals surface area contributed by atoms with E-state index in [-0.39, 0.29) is 24.2 Å². The number of rotatable bonds is 6. The van der Waals surface area contributed by atoms with Crippen LogP contribution in [0.25, 0.3) is 11.2 Å². The SMILES string of the molecule is CCn1c(=O)[nH]c(=O)c2[nH]c(CCOCC(F)F)nc21. The molecule has 2 heterocycles. The maximum atomic E-state index is 11.9. The van der Waals surface area contributed by atoms with E-state index in [0.29, 0.717) is 12.4 Å². The van der Waals surface area contributed by atoms with Gasteiger partial charge in [-0.1, -0.05) is 0 Å². The molecule has 0 aromatic carbocycles. The molecular formula is C11H14F2N4O3. The van der Waals surface area contributed by atoms with E-state index in [1.54, 1.807) is 6.92 Å². The molecule has 2 aromatic rings. The molecular weight excluding hydrogens is 274 g/mol. The van der Waals surface area contributed by atoms with Crippen LogP contribution in [0.5, 0.6) is 0 Å². The van der Waals surface area contributed by atoms with Gasteiger partial charge in [0.1, 0.15) is 17.9 Å². The van der Waals surface area contributed by atoms with Gasteiger partial charge in [-0.15, -0.1) is 0 Å². The zero-order valence-electron chi connectivity index (χ0n) is 10.8. The van der Waals surface area contributed by atoms with Crippen molar-refractivity contribution < 1.29 is 13.5 Å². The minimum absolute atomic E-state index is 0.0540. The van der Waals surface area contributed by atoms with Gasteiger partial charge in [-0.05, 0) is 6.92 Å². The van der Waals surface area contributed by atoms with Crippen molar-refractivity contribution in [3.05, 3.63) is 26.7 Å². The molecule has 0 radical (unpaired) electrons. The van der Waals surface area contributed by atoms with Crippen molar-refractivity contribution in [3.63, 3.8) is 0 Å². The number of aromatic amines is 2. The van der Waals surface area contributed by atoms with Gasteiger partial charge in [0.25, 0.3) is 12.0 Å². The van der Waals surface area contributed by atoms with Gasteiger partial charge in [0.15, 0.2) is 5.65 Å². The van der Waals surface area contributed by atoms with Crippen molar-refractivity contribution in [2.75, 3.05) is 13.2 Å². The number of hydrogen-bond acceptors (Lipinski definition) is 4. The van der Waals surface area contributed by atoms with Gasteiger partial charge in [-0.3, -0.25) is 14.3 Å². The predicted octanol–water partition coefficient (Wildman–Crippen LogP) is 0.257. The Bertz CT molecular complexity index is 704. The molecule has 20 heavy (non-hydrogen) atoms. The molecule has 0 fully saturated rings. The zero-order chi connectivity index (χ0) is 14.7. The van der Waals surface area contributed by atoms with Gasteiger partial charge in [-0.2, -0.15) is 0 Å². The third-order valence-corrected chi connectivity index (χ3v) is 2.73. The standard InChI is InChI=1S/C11H14F2N4O3/c1-2-17-9-8(10(18)16-11(17)19)14-7(15-9)3-4-20-5-6(12)13/h6H,2-5H2,1H3,(H,14,15)(H,16,18,19). The van der Waals surface area contributed by atoms with Crippen LogP contribution in [0.2, 0.25) is 0 Å². The molecule has 0 atom stereocenters. The number of ether oxygens (including phenoxy) is 1. The lowest BCUT2D eigenvalue weighted by Crippen LogP contribution is -2.29. The molecule has 110 valence electrons. The highest BCUT2D eigenvalue weighted by Crippen LogP contribution is 2.05. The predicted molar refractivity (Wildman–Crippen MR) is 67.2 cm³/mol. The maximum Gasteiger partial charge on any atom is 0.330 e. The Labute approximate surface area is 111 Å². The number of nitrogens with zero attached hydrogens (tertiary/aromatic N) is 2. The molecule has 2 N–H and O–H groups in total. The summed E-state index contributed by atoms with van der Waals surface area (Å²) in [5, 5.41) is 0. The molecule has 0 amide bonds. The average molecular weight is 288 g/mol. The largest absolute Gasteiger partial charge is 0.375 e. The highest BCUT2D eigenvalue weighted by molar-refractivity contribution is 5.69. The highest BCUT2D eigenvalue weighted by atomic mass is 19.3. The Balaban J connectivity index is 2.23. The summed E-state index contributed by atoms with van der Waals surface area (Å²) in [6.07, 6.45) is -2.27. The van der Waals surface area contributed by atoms with E-state index in [1.165, 1.54) is 4.57 Å². The number of nitrogens with one attached hydrogen (secondary N) is 2. The first-order chi connectivity index (χ1) is 9.52. The summed E-state index contributed by atoms with van der Waals surface area (Å²) in [6.45, 7) is 1.52. The van der Waals surface area contributed by atoms with Crippen LogP contribution in [0.15, 0.2) is 9.59 Å². The fourth-order valence-corrected chi connectivity index (χ4v) is 1.84. The van der Waals surface area contributed by atoms with Crippen LogP contribution >= 0.6 is 0 Å². The van der Waals surface area contributed by atoms with E-state index < -0.39 is 24.3 Å². The molecule has 9 heteroatoms. The molecule has 0 bridgehead atoms. The summed E-state index contributed by atoms with van der Waals surface area (Å²) in [4.78, 5) is 32.3. The third-order valence-electron chi connectivity index (χ3n) is 2.73. The molecule has 0 unspecified atom stereocenters. The second kappa shape index (κ2) is 5.95. The first-order valence-corrected chi connectivity index (χ1v) is 6.10. The first kappa shape index (κ1) is 14.4. The van der Waals surface area contributed by atoms with E-state index in [4.69, 9.17) is 4.74 Å². The molecule has 2 aromatic heterocycles. The minimum atomic E-state index is -2.52. The zero-order valence-corrected chi connectivity index (χ0v) is 10.8. The summed E-state index contributed by atoms with van der Waals surface area (Å²) in [7, 11) is 0. The van der Waals surface area contributed by atoms with Crippen molar-refractivity contribution in [1.29, 1.82) is 0 Å². The van der Waals surface area contributed by atoms with E-state index in [0.717, 1.165) is 0 Å². The number of aromatic nitrogens is 4. The van der Waals surface area contributed by atoms with Crippen molar-refractivity contribution in [1.82, 2.24) is 19.5 Å². The maximum absolute atomic E-state index is 11.9. The van der Waals surface area contributed by atoms with Crippen molar-refractivity contribution in [2.45, 2.75) is 26.3 Å². The lowest BCUT2D eigenvalue weighted by molar-refractivity contribution is 0.0183. The summed E-state index contributed by atoms with van der Waals surface area (Å²) >= 11 is 0. The van der Waals surface area contributed by atoms with Crippen molar-refractivity contribution >= 4 is 11.2 Å². The monoisotopic (exact) mass is 288 g/mol. The minimum Gasteiger partial charge on any atom is -0.375 e. The topological polar surface area (TPSA) is 92.8 Å². The number of hydrogen-bond donors (Lipinski definition) is 2. The van der Waals surface area contributed by atoms with E-state index >= 15 is 0 Å². The molecule has 7 nitrogen and oxygen atoms in total. The average Bonchev–Trinajstić information content (AvgIpc) is 2.79. The van der Waals surface area contributed by atoms with Gasteiger partial charge in [0.05, 0.1) is 6.61 Å². The number of halogens is 2. The van der Waals surface area contributed by atoms with Crippen LogP contribution in [0.3, 0.4) is 0 Å². The van der Waals surface area contributed by atoms with E-state index in [9.17, 15) is 18.4 Å². The molecule has 0 saturated carbocycles. The van der Waals surface area contributed by atoms with Crippen LogP contribution in [0.4, 0.5) is 8.78 Å². The van der Waals surface area contributed by atoms with Crippen LogP contribution < -0.4 is 11.2 Å². The summed E-state index contributed by atoms with van der Waals surface area (Å²) in [6, 6.07) is 0.